The highest BCUT2D eigenvalue weighted by molar-refractivity contribution is 5.00. The van der Waals surface area contributed by atoms with Crippen LogP contribution >= 0.6 is 0 Å². The lowest BCUT2D eigenvalue weighted by atomic mass is 10.4. The second-order valence-electron chi connectivity index (χ2n) is 1.76. The van der Waals surface area contributed by atoms with Crippen LogP contribution in [-0.2, 0) is 4.74 Å². The highest BCUT2D eigenvalue weighted by Gasteiger charge is 1.77. The van der Waals surface area contributed by atoms with Crippen LogP contribution < -0.4 is 0 Å². The molecule has 10 heavy (non-hydrogen) atoms. The first-order valence-corrected chi connectivity index (χ1v) is 3.39. The van der Waals surface area contributed by atoms with Crippen molar-refractivity contribution in [2.24, 2.45) is 0 Å². The fourth-order valence-electron chi connectivity index (χ4n) is 0.507. The van der Waals surface area contributed by atoms with Crippen LogP contribution in [0.15, 0.2) is 24.3 Å². The van der Waals surface area contributed by atoms with Gasteiger partial charge in [-0.15, -0.1) is 0 Å². The summed E-state index contributed by atoms with van der Waals surface area (Å²) in [5, 5.41) is 0. The summed E-state index contributed by atoms with van der Waals surface area (Å²) in [6.07, 6.45) is 8.43. The number of hydrogen-bond donors (Lipinski definition) is 0. The largest absolute Gasteiger partial charge is 0.381 e. The molecular formula is C9H16O. The van der Waals surface area contributed by atoms with E-state index < -0.39 is 0 Å². The standard InChI is InChI=1S/C9H16O/c1-3-5-6-7-8-9-10-4-2/h3,5-7H,4,8-9H2,1-2H3/b5-3+,7-6+/i1T,2D. The number of rotatable bonds is 5. The molecule has 0 rings (SSSR count). The van der Waals surface area contributed by atoms with Gasteiger partial charge in [-0.2, -0.15) is 0 Å². The Kier molecular flexibility index (Phi) is 5.21. The van der Waals surface area contributed by atoms with Gasteiger partial charge in [0.25, 0.3) is 0 Å². The van der Waals surface area contributed by atoms with Crippen LogP contribution in [-0.4, -0.2) is 13.2 Å². The second-order valence-corrected chi connectivity index (χ2v) is 1.76. The molecule has 0 bridgehead atoms. The monoisotopic (exact) mass is 143 g/mol. The van der Waals surface area contributed by atoms with Gasteiger partial charge in [0.15, 0.2) is 0 Å². The SMILES string of the molecule is [2H]CCOCC/C=C/C=C/C[3H]. The van der Waals surface area contributed by atoms with Crippen LogP contribution in [0.1, 0.15) is 23.0 Å². The molecule has 0 unspecified atom stereocenters. The zero-order valence-electron chi connectivity index (χ0n) is 8.25. The Morgan fingerprint density at radius 1 is 1.70 bits per heavy atom. The van der Waals surface area contributed by atoms with Crippen LogP contribution in [0.4, 0.5) is 0 Å². The smallest absolute Gasteiger partial charge is 0.0500 e. The van der Waals surface area contributed by atoms with Crippen molar-refractivity contribution in [3.8, 4) is 0 Å². The molecule has 0 radical (unpaired) electrons. The molecule has 0 aliphatic rings. The molecule has 0 saturated heterocycles. The predicted molar refractivity (Wildman–Crippen MR) is 45.1 cm³/mol. The molecule has 0 fully saturated rings. The molecule has 0 atom stereocenters. The minimum atomic E-state index is 0.333. The Balaban J connectivity index is 3.07. The van der Waals surface area contributed by atoms with Crippen molar-refractivity contribution in [3.05, 3.63) is 24.3 Å². The molecule has 0 aromatic rings. The third kappa shape index (κ3) is 7.44. The molecule has 0 spiro atoms. The van der Waals surface area contributed by atoms with E-state index in [4.69, 9.17) is 7.48 Å². The summed E-state index contributed by atoms with van der Waals surface area (Å²) in [6.45, 7) is 1.88. The normalized spacial score (nSPS) is 14.4. The summed E-state index contributed by atoms with van der Waals surface area (Å²) in [7, 11) is 0. The van der Waals surface area contributed by atoms with E-state index in [-0.39, 0.29) is 0 Å². The van der Waals surface area contributed by atoms with Crippen molar-refractivity contribution in [2.45, 2.75) is 20.2 Å². The third-order valence-electron chi connectivity index (χ3n) is 0.956. The molecule has 0 aliphatic heterocycles. The van der Waals surface area contributed by atoms with Crippen molar-refractivity contribution in [1.82, 2.24) is 0 Å². The topological polar surface area (TPSA) is 9.23 Å². The first-order chi connectivity index (χ1) is 5.91. The van der Waals surface area contributed by atoms with E-state index in [1.54, 1.807) is 6.08 Å². The molecule has 0 aromatic heterocycles. The van der Waals surface area contributed by atoms with Crippen molar-refractivity contribution in [1.29, 1.82) is 0 Å². The Morgan fingerprint density at radius 2 is 2.70 bits per heavy atom. The Hall–Kier alpha value is -0.560. The average Bonchev–Trinajstić information content (AvgIpc) is 2.10. The maximum atomic E-state index is 6.81. The Labute approximate surface area is 66.2 Å². The van der Waals surface area contributed by atoms with Crippen LogP contribution in [0, 0.1) is 0 Å². The van der Waals surface area contributed by atoms with Gasteiger partial charge in [0, 0.05) is 16.0 Å². The molecular weight excluding hydrogens is 124 g/mol. The molecule has 1 nitrogen and oxygen atoms in total. The molecule has 0 aliphatic carbocycles. The van der Waals surface area contributed by atoms with Gasteiger partial charge in [0.05, 0.1) is 0 Å². The van der Waals surface area contributed by atoms with Gasteiger partial charge in [-0.25, -0.2) is 0 Å². The molecule has 0 saturated carbocycles. The summed E-state index contributed by atoms with van der Waals surface area (Å²) in [6, 6.07) is 0. The highest BCUT2D eigenvalue weighted by Crippen LogP contribution is 1.85. The first-order valence-electron chi connectivity index (χ1n) is 4.81. The van der Waals surface area contributed by atoms with Gasteiger partial charge in [-0.05, 0) is 20.2 Å². The summed E-state index contributed by atoms with van der Waals surface area (Å²) in [4.78, 5) is 0. The van der Waals surface area contributed by atoms with Crippen molar-refractivity contribution in [3.63, 3.8) is 0 Å². The van der Waals surface area contributed by atoms with Crippen molar-refractivity contribution < 1.29 is 7.48 Å². The van der Waals surface area contributed by atoms with Gasteiger partial charge < -0.3 is 4.74 Å². The van der Waals surface area contributed by atoms with E-state index in [1.165, 1.54) is 0 Å². The Morgan fingerprint density at radius 3 is 3.50 bits per heavy atom. The zero-order valence-corrected chi connectivity index (χ0v) is 6.25. The van der Waals surface area contributed by atoms with Crippen LogP contribution in [0.5, 0.6) is 0 Å². The first kappa shape index (κ1) is 6.17. The van der Waals surface area contributed by atoms with Crippen LogP contribution in [0.2, 0.25) is 0 Å². The van der Waals surface area contributed by atoms with Gasteiger partial charge in [-0.1, -0.05) is 24.3 Å². The molecule has 0 N–H and O–H groups in total. The number of allylic oxidation sites excluding steroid dienone is 3. The average molecular weight is 143 g/mol. The number of hydrogen-bond acceptors (Lipinski definition) is 1. The quantitative estimate of drug-likeness (QED) is 0.424. The van der Waals surface area contributed by atoms with Crippen LogP contribution in [0.3, 0.4) is 0 Å². The van der Waals surface area contributed by atoms with Gasteiger partial charge in [-0.3, -0.25) is 0 Å². The molecule has 58 valence electrons. The van der Waals surface area contributed by atoms with E-state index in [1.807, 2.05) is 18.2 Å². The van der Waals surface area contributed by atoms with E-state index in [0.717, 1.165) is 6.42 Å². The summed E-state index contributed by atoms with van der Waals surface area (Å²) >= 11 is 0. The summed E-state index contributed by atoms with van der Waals surface area (Å²) in [5.74, 6) is 0. The maximum Gasteiger partial charge on any atom is 0.0500 e. The minimum Gasteiger partial charge on any atom is -0.381 e. The van der Waals surface area contributed by atoms with Gasteiger partial charge in [0.1, 0.15) is 0 Å². The maximum absolute atomic E-state index is 6.81. The highest BCUT2D eigenvalue weighted by atomic mass is 16.5. The fraction of sp³-hybridized carbons (Fsp3) is 0.556. The van der Waals surface area contributed by atoms with Crippen LogP contribution in [0.25, 0.3) is 0 Å². The van der Waals surface area contributed by atoms with Gasteiger partial charge in [0.2, 0.25) is 0 Å². The summed E-state index contributed by atoms with van der Waals surface area (Å²) < 4.78 is 18.7. The molecule has 0 aromatic carbocycles. The predicted octanol–water partition coefficient (Wildman–Crippen LogP) is 2.55. The fourth-order valence-corrected chi connectivity index (χ4v) is 0.507. The molecule has 1 heteroatoms. The van der Waals surface area contributed by atoms with E-state index in [9.17, 15) is 0 Å². The lowest BCUT2D eigenvalue weighted by Crippen LogP contribution is -1.89. The zero-order chi connectivity index (χ0) is 9.07. The molecule has 0 amide bonds. The third-order valence-corrected chi connectivity index (χ3v) is 0.956. The lowest BCUT2D eigenvalue weighted by Gasteiger charge is -1.93. The van der Waals surface area contributed by atoms with E-state index in [0.29, 0.717) is 27.0 Å². The molecule has 0 heterocycles. The lowest BCUT2D eigenvalue weighted by molar-refractivity contribution is 0.152. The van der Waals surface area contributed by atoms with Gasteiger partial charge >= 0.3 is 0 Å². The second kappa shape index (κ2) is 8.44. The van der Waals surface area contributed by atoms with Crippen molar-refractivity contribution in [2.75, 3.05) is 13.2 Å². The Bertz CT molecular complexity index is 132. The van der Waals surface area contributed by atoms with E-state index >= 15 is 0 Å². The van der Waals surface area contributed by atoms with Crippen molar-refractivity contribution >= 4 is 0 Å². The number of ether oxygens (including phenoxy) is 1. The minimum absolute atomic E-state index is 0.333. The van der Waals surface area contributed by atoms with E-state index in [2.05, 4.69) is 0 Å². The summed E-state index contributed by atoms with van der Waals surface area (Å²) in [5.41, 5.74) is 0.